The van der Waals surface area contributed by atoms with E-state index < -0.39 is 23.6 Å². The molecule has 0 bridgehead atoms. The van der Waals surface area contributed by atoms with Gasteiger partial charge in [-0.2, -0.15) is 0 Å². The molecule has 0 spiro atoms. The highest BCUT2D eigenvalue weighted by molar-refractivity contribution is 6.30. The van der Waals surface area contributed by atoms with Gasteiger partial charge in [0.15, 0.2) is 0 Å². The van der Waals surface area contributed by atoms with Gasteiger partial charge in [-0.1, -0.05) is 29.3 Å². The molecule has 1 atom stereocenters. The molecule has 0 aromatic heterocycles. The molecule has 28 heavy (non-hydrogen) atoms. The molecule has 0 amide bonds. The molecule has 2 aromatic carbocycles. The molecule has 7 heteroatoms. The summed E-state index contributed by atoms with van der Waals surface area (Å²) in [7, 11) is 0. The predicted molar refractivity (Wildman–Crippen MR) is 106 cm³/mol. The van der Waals surface area contributed by atoms with E-state index in [1.165, 1.54) is 0 Å². The van der Waals surface area contributed by atoms with Gasteiger partial charge in [0.2, 0.25) is 0 Å². The van der Waals surface area contributed by atoms with Crippen LogP contribution in [0.15, 0.2) is 42.5 Å². The SMILES string of the molecule is CCOC(=O)C1(C(=O)OCC)Oc2ccc(Cl)cc2C1Nc1ccc(C)cc1. The number of hydrogen-bond acceptors (Lipinski definition) is 6. The van der Waals surface area contributed by atoms with E-state index in [1.807, 2.05) is 31.2 Å². The predicted octanol–water partition coefficient (Wildman–Crippen LogP) is 4.06. The summed E-state index contributed by atoms with van der Waals surface area (Å²) in [6.45, 7) is 5.49. The lowest BCUT2D eigenvalue weighted by Crippen LogP contribution is -2.57. The molecule has 0 saturated carbocycles. The van der Waals surface area contributed by atoms with Crippen molar-refractivity contribution in [3.63, 3.8) is 0 Å². The van der Waals surface area contributed by atoms with Crippen molar-refractivity contribution in [3.05, 3.63) is 58.6 Å². The number of carbonyl (C=O) groups excluding carboxylic acids is 2. The number of nitrogens with one attached hydrogen (secondary N) is 1. The normalized spacial score (nSPS) is 16.6. The van der Waals surface area contributed by atoms with Crippen LogP contribution in [0.5, 0.6) is 5.75 Å². The Morgan fingerprint density at radius 3 is 2.25 bits per heavy atom. The summed E-state index contributed by atoms with van der Waals surface area (Å²) in [6, 6.07) is 11.6. The summed E-state index contributed by atoms with van der Waals surface area (Å²) in [6.07, 6.45) is 0. The Bertz CT molecular complexity index is 863. The van der Waals surface area contributed by atoms with Crippen LogP contribution in [-0.2, 0) is 19.1 Å². The second kappa shape index (κ2) is 8.10. The van der Waals surface area contributed by atoms with Gasteiger partial charge in [0.25, 0.3) is 0 Å². The zero-order valence-corrected chi connectivity index (χ0v) is 16.7. The van der Waals surface area contributed by atoms with Crippen LogP contribution >= 0.6 is 11.6 Å². The number of aryl methyl sites for hydroxylation is 1. The number of fused-ring (bicyclic) bond motifs is 1. The van der Waals surface area contributed by atoms with Gasteiger partial charge in [-0.15, -0.1) is 0 Å². The first-order valence-electron chi connectivity index (χ1n) is 9.08. The third-order valence-corrected chi connectivity index (χ3v) is 4.72. The number of hydrogen-bond donors (Lipinski definition) is 1. The number of rotatable bonds is 6. The minimum Gasteiger partial charge on any atom is -0.462 e. The van der Waals surface area contributed by atoms with Crippen molar-refractivity contribution in [2.24, 2.45) is 0 Å². The zero-order valence-electron chi connectivity index (χ0n) is 16.0. The van der Waals surface area contributed by atoms with Crippen LogP contribution < -0.4 is 10.1 Å². The zero-order chi connectivity index (χ0) is 20.3. The van der Waals surface area contributed by atoms with Gasteiger partial charge < -0.3 is 19.5 Å². The molecule has 0 aliphatic carbocycles. The van der Waals surface area contributed by atoms with Crippen LogP contribution in [-0.4, -0.2) is 30.8 Å². The van der Waals surface area contributed by atoms with Crippen LogP contribution in [0, 0.1) is 6.92 Å². The van der Waals surface area contributed by atoms with Crippen molar-refractivity contribution in [1.82, 2.24) is 0 Å². The maximum atomic E-state index is 13.0. The van der Waals surface area contributed by atoms with Gasteiger partial charge >= 0.3 is 17.5 Å². The number of carbonyl (C=O) groups is 2. The molecular weight excluding hydrogens is 382 g/mol. The Balaban J connectivity index is 2.13. The molecule has 1 unspecified atom stereocenters. The Hall–Kier alpha value is -2.73. The maximum Gasteiger partial charge on any atom is 0.365 e. The van der Waals surface area contributed by atoms with Crippen molar-refractivity contribution < 1.29 is 23.8 Å². The van der Waals surface area contributed by atoms with E-state index in [1.54, 1.807) is 32.0 Å². The van der Waals surface area contributed by atoms with Gasteiger partial charge in [-0.25, -0.2) is 9.59 Å². The van der Waals surface area contributed by atoms with E-state index in [4.69, 9.17) is 25.8 Å². The van der Waals surface area contributed by atoms with E-state index in [9.17, 15) is 9.59 Å². The molecule has 1 heterocycles. The van der Waals surface area contributed by atoms with Crippen LogP contribution in [0.3, 0.4) is 0 Å². The molecule has 3 rings (SSSR count). The molecule has 6 nitrogen and oxygen atoms in total. The first kappa shape index (κ1) is 20.0. The summed E-state index contributed by atoms with van der Waals surface area (Å²) >= 11 is 6.17. The van der Waals surface area contributed by atoms with Crippen LogP contribution in [0.2, 0.25) is 5.02 Å². The minimum absolute atomic E-state index is 0.0949. The van der Waals surface area contributed by atoms with Gasteiger partial charge in [-0.05, 0) is 51.1 Å². The molecule has 1 aliphatic heterocycles. The monoisotopic (exact) mass is 403 g/mol. The van der Waals surface area contributed by atoms with E-state index in [0.29, 0.717) is 22.0 Å². The van der Waals surface area contributed by atoms with Gasteiger partial charge in [0.1, 0.15) is 11.8 Å². The Kier molecular flexibility index (Phi) is 5.79. The lowest BCUT2D eigenvalue weighted by molar-refractivity contribution is -0.179. The van der Waals surface area contributed by atoms with Gasteiger partial charge in [-0.3, -0.25) is 0 Å². The lowest BCUT2D eigenvalue weighted by atomic mass is 9.90. The first-order valence-corrected chi connectivity index (χ1v) is 9.46. The average Bonchev–Trinajstić information content (AvgIpc) is 2.99. The molecule has 0 saturated heterocycles. The molecule has 148 valence electrons. The highest BCUT2D eigenvalue weighted by Crippen LogP contribution is 2.47. The maximum absolute atomic E-state index is 13.0. The Morgan fingerprint density at radius 1 is 1.07 bits per heavy atom. The van der Waals surface area contributed by atoms with E-state index in [0.717, 1.165) is 5.56 Å². The van der Waals surface area contributed by atoms with E-state index in [2.05, 4.69) is 5.32 Å². The van der Waals surface area contributed by atoms with Crippen LogP contribution in [0.25, 0.3) is 0 Å². The fourth-order valence-electron chi connectivity index (χ4n) is 3.16. The van der Waals surface area contributed by atoms with Crippen molar-refractivity contribution >= 4 is 29.2 Å². The fourth-order valence-corrected chi connectivity index (χ4v) is 3.34. The fraction of sp³-hybridized carbons (Fsp3) is 0.333. The number of anilines is 1. The first-order chi connectivity index (χ1) is 13.4. The smallest absolute Gasteiger partial charge is 0.365 e. The van der Waals surface area contributed by atoms with Crippen LogP contribution in [0.1, 0.15) is 31.0 Å². The molecular formula is C21H22ClNO5. The largest absolute Gasteiger partial charge is 0.462 e. The third-order valence-electron chi connectivity index (χ3n) is 4.48. The van der Waals surface area contributed by atoms with Gasteiger partial charge in [0.05, 0.1) is 13.2 Å². The highest BCUT2D eigenvalue weighted by atomic mass is 35.5. The van der Waals surface area contributed by atoms with Gasteiger partial charge in [0, 0.05) is 16.3 Å². The number of halogens is 1. The van der Waals surface area contributed by atoms with Crippen molar-refractivity contribution in [2.45, 2.75) is 32.4 Å². The number of ether oxygens (including phenoxy) is 3. The molecule has 1 N–H and O–H groups in total. The summed E-state index contributed by atoms with van der Waals surface area (Å²) in [4.78, 5) is 25.9. The summed E-state index contributed by atoms with van der Waals surface area (Å²) < 4.78 is 16.3. The standard InChI is InChI=1S/C21H22ClNO5/c1-4-26-19(24)21(20(25)27-5-2)18(23-15-9-6-13(3)7-10-15)16-12-14(22)8-11-17(16)28-21/h6-12,18,23H,4-5H2,1-3H3. The number of esters is 2. The van der Waals surface area contributed by atoms with Crippen molar-refractivity contribution in [3.8, 4) is 5.75 Å². The second-order valence-electron chi connectivity index (χ2n) is 6.40. The molecule has 0 fully saturated rings. The molecule has 2 aromatic rings. The quantitative estimate of drug-likeness (QED) is 0.579. The van der Waals surface area contributed by atoms with E-state index >= 15 is 0 Å². The minimum atomic E-state index is -2.01. The molecule has 0 radical (unpaired) electrons. The topological polar surface area (TPSA) is 73.9 Å². The Labute approximate surface area is 168 Å². The Morgan fingerprint density at radius 2 is 1.68 bits per heavy atom. The summed E-state index contributed by atoms with van der Waals surface area (Å²) in [5, 5.41) is 3.70. The van der Waals surface area contributed by atoms with Crippen LogP contribution in [0.4, 0.5) is 5.69 Å². The third kappa shape index (κ3) is 3.52. The average molecular weight is 404 g/mol. The summed E-state index contributed by atoms with van der Waals surface area (Å²) in [5.74, 6) is -1.26. The van der Waals surface area contributed by atoms with E-state index in [-0.39, 0.29) is 13.2 Å². The highest BCUT2D eigenvalue weighted by Gasteiger charge is 2.63. The summed E-state index contributed by atoms with van der Waals surface area (Å²) in [5.41, 5.74) is 0.363. The molecule has 1 aliphatic rings. The lowest BCUT2D eigenvalue weighted by Gasteiger charge is -2.30. The number of benzene rings is 2. The van der Waals surface area contributed by atoms with Crippen molar-refractivity contribution in [1.29, 1.82) is 0 Å². The van der Waals surface area contributed by atoms with Crippen molar-refractivity contribution in [2.75, 3.05) is 18.5 Å². The second-order valence-corrected chi connectivity index (χ2v) is 6.84.